The van der Waals surface area contributed by atoms with Crippen LogP contribution in [0.25, 0.3) is 21.9 Å². The molecule has 3 aliphatic rings. The summed E-state index contributed by atoms with van der Waals surface area (Å²) < 4.78 is 6.94. The third-order valence-electron chi connectivity index (χ3n) is 8.35. The first-order valence-electron chi connectivity index (χ1n) is 11.3. The van der Waals surface area contributed by atoms with Crippen LogP contribution < -0.4 is 5.32 Å². The summed E-state index contributed by atoms with van der Waals surface area (Å²) in [6.45, 7) is 0. The molecule has 7 rings (SSSR count). The number of nitrogens with one attached hydrogen (secondary N) is 1. The van der Waals surface area contributed by atoms with Crippen molar-refractivity contribution in [1.82, 2.24) is 9.88 Å². The van der Waals surface area contributed by atoms with Crippen molar-refractivity contribution < 1.29 is 29.3 Å². The molecule has 0 radical (unpaired) electrons. The fourth-order valence-electron chi connectivity index (χ4n) is 6.08. The van der Waals surface area contributed by atoms with E-state index >= 15 is 0 Å². The third-order valence-corrected chi connectivity index (χ3v) is 8.35. The largest absolute Gasteiger partial charge is 0.481 e. The average Bonchev–Trinajstić information content (AvgIpc) is 3.71. The maximum absolute atomic E-state index is 13.5. The Morgan fingerprint density at radius 1 is 1.00 bits per heavy atom. The molecular formula is C26H22N2O6. The number of furan rings is 1. The number of carboxylic acids is 1. The molecule has 3 fully saturated rings. The zero-order valence-electron chi connectivity index (χ0n) is 18.1. The van der Waals surface area contributed by atoms with Crippen molar-refractivity contribution in [3.63, 3.8) is 0 Å². The van der Waals surface area contributed by atoms with Gasteiger partial charge in [-0.05, 0) is 49.9 Å². The fraction of sp³-hybridized carbons (Fsp3) is 0.308. The van der Waals surface area contributed by atoms with Gasteiger partial charge in [-0.2, -0.15) is 0 Å². The number of fused-ring (bicyclic) bond motifs is 3. The zero-order valence-corrected chi connectivity index (χ0v) is 18.1. The Morgan fingerprint density at radius 2 is 1.74 bits per heavy atom. The molecule has 4 N–H and O–H groups in total. The van der Waals surface area contributed by atoms with Gasteiger partial charge in [-0.15, -0.1) is 0 Å². The van der Waals surface area contributed by atoms with Crippen molar-refractivity contribution in [2.75, 3.05) is 0 Å². The number of benzene rings is 2. The Bertz CT molecular complexity index is 1500. The first kappa shape index (κ1) is 19.8. The summed E-state index contributed by atoms with van der Waals surface area (Å²) in [4.78, 5) is 25.2. The Hall–Kier alpha value is -3.62. The van der Waals surface area contributed by atoms with E-state index in [1.54, 1.807) is 42.5 Å². The number of aliphatic hydroxyl groups is 2. The van der Waals surface area contributed by atoms with Crippen molar-refractivity contribution in [3.05, 3.63) is 72.1 Å². The van der Waals surface area contributed by atoms with Gasteiger partial charge in [0.1, 0.15) is 5.58 Å². The molecule has 2 aromatic heterocycles. The van der Waals surface area contributed by atoms with Gasteiger partial charge in [0.05, 0.1) is 16.5 Å². The van der Waals surface area contributed by atoms with Gasteiger partial charge in [0.2, 0.25) is 0 Å². The number of aliphatic carboxylic acids is 1. The van der Waals surface area contributed by atoms with Crippen LogP contribution in [-0.2, 0) is 10.7 Å². The Kier molecular flexibility index (Phi) is 3.43. The van der Waals surface area contributed by atoms with E-state index in [2.05, 4.69) is 5.32 Å². The van der Waals surface area contributed by atoms with Crippen molar-refractivity contribution >= 4 is 33.7 Å². The quantitative estimate of drug-likeness (QED) is 0.329. The number of nitrogens with zero attached hydrogens (tertiary/aromatic N) is 1. The van der Waals surface area contributed by atoms with Crippen LogP contribution in [0.1, 0.15) is 41.8 Å². The number of hydrogen-bond acceptors (Lipinski definition) is 5. The van der Waals surface area contributed by atoms with E-state index in [0.717, 1.165) is 18.2 Å². The second kappa shape index (κ2) is 5.89. The Morgan fingerprint density at radius 3 is 2.41 bits per heavy atom. The van der Waals surface area contributed by atoms with Gasteiger partial charge in [-0.1, -0.05) is 30.3 Å². The predicted molar refractivity (Wildman–Crippen MR) is 121 cm³/mol. The topological polar surface area (TPSA) is 125 Å². The molecular weight excluding hydrogens is 436 g/mol. The second-order valence-corrected chi connectivity index (χ2v) is 10.1. The van der Waals surface area contributed by atoms with Gasteiger partial charge in [-0.25, -0.2) is 0 Å². The van der Waals surface area contributed by atoms with Crippen LogP contribution in [-0.4, -0.2) is 37.3 Å². The van der Waals surface area contributed by atoms with Gasteiger partial charge in [-0.3, -0.25) is 14.2 Å². The van der Waals surface area contributed by atoms with Gasteiger partial charge < -0.3 is 25.1 Å². The smallest absolute Gasteiger partial charge is 0.313 e. The first-order chi connectivity index (χ1) is 16.2. The molecule has 3 saturated carbocycles. The fourth-order valence-corrected chi connectivity index (χ4v) is 6.08. The van der Waals surface area contributed by atoms with Gasteiger partial charge >= 0.3 is 11.9 Å². The highest BCUT2D eigenvalue weighted by atomic mass is 16.5. The molecule has 0 atom stereocenters. The SMILES string of the molecule is O=C(NC1(C23CC2(C(=O)O)C3)CC1)c1cccc2ccn(C(O)(O)c3cc4ccccc4o3)c12. The molecule has 172 valence electrons. The monoisotopic (exact) mass is 458 g/mol. The molecule has 8 heteroatoms. The second-order valence-electron chi connectivity index (χ2n) is 10.1. The lowest BCUT2D eigenvalue weighted by atomic mass is 10.0. The summed E-state index contributed by atoms with van der Waals surface area (Å²) >= 11 is 0. The summed E-state index contributed by atoms with van der Waals surface area (Å²) in [5.74, 6) is -3.73. The Balaban J connectivity index is 1.27. The number of carbonyl (C=O) groups excluding carboxylic acids is 1. The van der Waals surface area contributed by atoms with E-state index in [9.17, 15) is 24.9 Å². The highest BCUT2D eigenvalue weighted by Gasteiger charge is 2.95. The number of carbonyl (C=O) groups is 2. The predicted octanol–water partition coefficient (Wildman–Crippen LogP) is 3.16. The number of amides is 1. The summed E-state index contributed by atoms with van der Waals surface area (Å²) in [7, 11) is 0. The van der Waals surface area contributed by atoms with Crippen molar-refractivity contribution in [1.29, 1.82) is 0 Å². The minimum atomic E-state index is -2.53. The molecule has 1 amide bonds. The van der Waals surface area contributed by atoms with E-state index in [4.69, 9.17) is 4.42 Å². The molecule has 0 spiro atoms. The summed E-state index contributed by atoms with van der Waals surface area (Å²) in [6.07, 6.45) is 4.25. The summed E-state index contributed by atoms with van der Waals surface area (Å²) in [5, 5.41) is 36.4. The highest BCUT2D eigenvalue weighted by molar-refractivity contribution is 6.07. The van der Waals surface area contributed by atoms with Crippen molar-refractivity contribution in [2.45, 2.75) is 37.1 Å². The number of rotatable bonds is 6. The lowest BCUT2D eigenvalue weighted by Gasteiger charge is -2.24. The Labute approximate surface area is 193 Å². The van der Waals surface area contributed by atoms with Crippen LogP contribution in [0.15, 0.2) is 65.2 Å². The number of aromatic nitrogens is 1. The van der Waals surface area contributed by atoms with Crippen LogP contribution in [0, 0.1) is 10.8 Å². The molecule has 34 heavy (non-hydrogen) atoms. The maximum atomic E-state index is 13.5. The number of carboxylic acid groups (broad SMARTS) is 1. The van der Waals surface area contributed by atoms with E-state index < -0.39 is 22.8 Å². The van der Waals surface area contributed by atoms with Crippen LogP contribution in [0.5, 0.6) is 0 Å². The summed E-state index contributed by atoms with van der Waals surface area (Å²) in [6, 6.07) is 15.6. The minimum Gasteiger partial charge on any atom is -0.481 e. The standard InChI is InChI=1S/C26H22N2O6/c29-21(27-25(9-10-25)24-13-23(24,14-24)22(30)31)17-6-3-5-15-8-11-28(20(15)17)26(32,33)19-12-16-4-1-2-7-18(16)34-19/h1-8,11-12,32-33H,9-10,13-14H2,(H,27,29)(H,30,31). The van der Waals surface area contributed by atoms with Crippen LogP contribution in [0.2, 0.25) is 0 Å². The third kappa shape index (κ3) is 2.29. The van der Waals surface area contributed by atoms with Crippen molar-refractivity contribution in [3.8, 4) is 0 Å². The lowest BCUT2D eigenvalue weighted by molar-refractivity contribution is -0.201. The van der Waals surface area contributed by atoms with E-state index in [1.165, 1.54) is 10.8 Å². The molecule has 2 aromatic carbocycles. The van der Waals surface area contributed by atoms with Crippen LogP contribution >= 0.6 is 0 Å². The molecule has 4 aromatic rings. The lowest BCUT2D eigenvalue weighted by Crippen LogP contribution is -2.41. The first-order valence-corrected chi connectivity index (χ1v) is 11.3. The summed E-state index contributed by atoms with van der Waals surface area (Å²) in [5.41, 5.74) is -0.328. The van der Waals surface area contributed by atoms with E-state index in [1.807, 2.05) is 12.1 Å². The molecule has 0 aliphatic heterocycles. The normalized spacial score (nSPS) is 26.3. The minimum absolute atomic E-state index is 0.0684. The van der Waals surface area contributed by atoms with Crippen LogP contribution in [0.3, 0.4) is 0 Å². The van der Waals surface area contributed by atoms with Gasteiger partial charge in [0.25, 0.3) is 5.91 Å². The zero-order chi connectivity index (χ0) is 23.5. The highest BCUT2D eigenvalue weighted by Crippen LogP contribution is 2.93. The van der Waals surface area contributed by atoms with E-state index in [0.29, 0.717) is 29.3 Å². The maximum Gasteiger partial charge on any atom is 0.313 e. The van der Waals surface area contributed by atoms with Gasteiger partial charge in [0, 0.05) is 27.9 Å². The number of hydrogen-bond donors (Lipinski definition) is 4. The molecule has 2 heterocycles. The average molecular weight is 458 g/mol. The molecule has 0 unspecified atom stereocenters. The molecule has 8 nitrogen and oxygen atoms in total. The molecule has 0 bridgehead atoms. The van der Waals surface area contributed by atoms with E-state index in [-0.39, 0.29) is 22.6 Å². The molecule has 0 saturated heterocycles. The molecule has 3 aliphatic carbocycles. The number of para-hydroxylation sites is 2. The van der Waals surface area contributed by atoms with Crippen molar-refractivity contribution in [2.24, 2.45) is 10.8 Å². The van der Waals surface area contributed by atoms with Gasteiger partial charge in [0.15, 0.2) is 5.76 Å². The van der Waals surface area contributed by atoms with Crippen LogP contribution in [0.4, 0.5) is 0 Å².